The molecule has 1 aliphatic carbocycles. The molecule has 0 bridgehead atoms. The van der Waals surface area contributed by atoms with Crippen LogP contribution >= 0.6 is 0 Å². The van der Waals surface area contributed by atoms with E-state index in [2.05, 4.69) is 19.2 Å². The Morgan fingerprint density at radius 3 is 2.79 bits per heavy atom. The molecule has 1 aromatic heterocycles. The lowest BCUT2D eigenvalue weighted by molar-refractivity contribution is 0.337. The summed E-state index contributed by atoms with van der Waals surface area (Å²) in [6.45, 7) is 6.74. The third kappa shape index (κ3) is 2.01. The standard InChI is InChI=1S/C12H19NO/c1-10(2)12(4-5-12)9-13-7-11-3-6-14-8-11/h3,6,8,10,13H,4-5,7,9H2,1-2H3. The number of nitrogens with one attached hydrogen (secondary N) is 1. The summed E-state index contributed by atoms with van der Waals surface area (Å²) in [5.74, 6) is 0.805. The van der Waals surface area contributed by atoms with Gasteiger partial charge < -0.3 is 9.73 Å². The van der Waals surface area contributed by atoms with E-state index >= 15 is 0 Å². The molecular formula is C12H19NO. The fourth-order valence-corrected chi connectivity index (χ4v) is 1.97. The van der Waals surface area contributed by atoms with Crippen LogP contribution in [0.25, 0.3) is 0 Å². The summed E-state index contributed by atoms with van der Waals surface area (Å²) in [6.07, 6.45) is 6.32. The maximum atomic E-state index is 5.02. The summed E-state index contributed by atoms with van der Waals surface area (Å²) in [6, 6.07) is 2.02. The van der Waals surface area contributed by atoms with Crippen molar-refractivity contribution in [2.75, 3.05) is 6.54 Å². The first-order valence-corrected chi connectivity index (χ1v) is 5.45. The normalized spacial score (nSPS) is 18.8. The first-order valence-electron chi connectivity index (χ1n) is 5.45. The highest BCUT2D eigenvalue weighted by Gasteiger charge is 2.44. The van der Waals surface area contributed by atoms with E-state index in [4.69, 9.17) is 4.42 Å². The fourth-order valence-electron chi connectivity index (χ4n) is 1.97. The highest BCUT2D eigenvalue weighted by atomic mass is 16.3. The van der Waals surface area contributed by atoms with Gasteiger partial charge in [-0.05, 0) is 30.2 Å². The zero-order valence-electron chi connectivity index (χ0n) is 9.05. The van der Waals surface area contributed by atoms with E-state index in [-0.39, 0.29) is 0 Å². The molecule has 1 fully saturated rings. The molecule has 0 spiro atoms. The summed E-state index contributed by atoms with van der Waals surface area (Å²) in [5.41, 5.74) is 1.84. The smallest absolute Gasteiger partial charge is 0.0947 e. The van der Waals surface area contributed by atoms with Crippen LogP contribution < -0.4 is 5.32 Å². The second-order valence-electron chi connectivity index (χ2n) is 4.75. The zero-order chi connectivity index (χ0) is 10.0. The lowest BCUT2D eigenvalue weighted by Crippen LogP contribution is -2.27. The van der Waals surface area contributed by atoms with Gasteiger partial charge in [0.2, 0.25) is 0 Å². The molecule has 14 heavy (non-hydrogen) atoms. The Bertz CT molecular complexity index is 273. The van der Waals surface area contributed by atoms with Gasteiger partial charge in [0.05, 0.1) is 12.5 Å². The molecule has 1 aromatic rings. The van der Waals surface area contributed by atoms with Gasteiger partial charge in [-0.25, -0.2) is 0 Å². The molecule has 0 saturated heterocycles. The monoisotopic (exact) mass is 193 g/mol. The Hall–Kier alpha value is -0.760. The van der Waals surface area contributed by atoms with Crippen LogP contribution in [-0.4, -0.2) is 6.54 Å². The first kappa shape index (κ1) is 9.78. The quantitative estimate of drug-likeness (QED) is 0.778. The number of furan rings is 1. The fraction of sp³-hybridized carbons (Fsp3) is 0.667. The molecule has 0 atom stereocenters. The van der Waals surface area contributed by atoms with Gasteiger partial charge >= 0.3 is 0 Å². The summed E-state index contributed by atoms with van der Waals surface area (Å²) in [5, 5.41) is 3.51. The number of rotatable bonds is 5. The molecule has 0 radical (unpaired) electrons. The van der Waals surface area contributed by atoms with Gasteiger partial charge in [-0.1, -0.05) is 13.8 Å². The van der Waals surface area contributed by atoms with E-state index in [0.29, 0.717) is 5.41 Å². The van der Waals surface area contributed by atoms with Crippen molar-refractivity contribution in [3.63, 3.8) is 0 Å². The van der Waals surface area contributed by atoms with Crippen molar-refractivity contribution in [1.29, 1.82) is 0 Å². The van der Waals surface area contributed by atoms with Gasteiger partial charge in [-0.15, -0.1) is 0 Å². The molecule has 0 amide bonds. The second-order valence-corrected chi connectivity index (χ2v) is 4.75. The molecule has 1 N–H and O–H groups in total. The third-order valence-corrected chi connectivity index (χ3v) is 3.50. The Morgan fingerprint density at radius 1 is 1.50 bits per heavy atom. The maximum absolute atomic E-state index is 5.02. The van der Waals surface area contributed by atoms with Crippen LogP contribution in [0.1, 0.15) is 32.3 Å². The number of hydrogen-bond donors (Lipinski definition) is 1. The summed E-state index contributed by atoms with van der Waals surface area (Å²) < 4.78 is 5.02. The first-order chi connectivity index (χ1) is 6.73. The molecule has 78 valence electrons. The molecule has 1 heterocycles. The lowest BCUT2D eigenvalue weighted by atomic mass is 9.92. The Kier molecular flexibility index (Phi) is 2.64. The Balaban J connectivity index is 1.73. The van der Waals surface area contributed by atoms with Crippen LogP contribution in [0.15, 0.2) is 23.0 Å². The number of hydrogen-bond acceptors (Lipinski definition) is 2. The molecule has 1 aliphatic rings. The average molecular weight is 193 g/mol. The Morgan fingerprint density at radius 2 is 2.29 bits per heavy atom. The molecule has 0 aliphatic heterocycles. The van der Waals surface area contributed by atoms with Crippen molar-refractivity contribution < 1.29 is 4.42 Å². The molecule has 1 saturated carbocycles. The summed E-state index contributed by atoms with van der Waals surface area (Å²) >= 11 is 0. The van der Waals surface area contributed by atoms with Crippen LogP contribution in [0.4, 0.5) is 0 Å². The highest BCUT2D eigenvalue weighted by Crippen LogP contribution is 2.51. The van der Waals surface area contributed by atoms with Gasteiger partial charge in [-0.3, -0.25) is 0 Å². The van der Waals surface area contributed by atoms with E-state index < -0.39 is 0 Å². The molecule has 2 rings (SSSR count). The molecule has 0 unspecified atom stereocenters. The predicted molar refractivity (Wildman–Crippen MR) is 56.9 cm³/mol. The van der Waals surface area contributed by atoms with E-state index in [9.17, 15) is 0 Å². The van der Waals surface area contributed by atoms with Crippen molar-refractivity contribution in [2.24, 2.45) is 11.3 Å². The third-order valence-electron chi connectivity index (χ3n) is 3.50. The maximum Gasteiger partial charge on any atom is 0.0947 e. The van der Waals surface area contributed by atoms with E-state index in [1.165, 1.54) is 18.4 Å². The second kappa shape index (κ2) is 3.77. The van der Waals surface area contributed by atoms with Gasteiger partial charge in [0, 0.05) is 18.7 Å². The topological polar surface area (TPSA) is 25.2 Å². The lowest BCUT2D eigenvalue weighted by Gasteiger charge is -2.19. The minimum Gasteiger partial charge on any atom is -0.472 e. The predicted octanol–water partition coefficient (Wildman–Crippen LogP) is 2.81. The van der Waals surface area contributed by atoms with Gasteiger partial charge in [-0.2, -0.15) is 0 Å². The van der Waals surface area contributed by atoms with Gasteiger partial charge in [0.25, 0.3) is 0 Å². The van der Waals surface area contributed by atoms with Gasteiger partial charge in [0.15, 0.2) is 0 Å². The average Bonchev–Trinajstić information content (AvgIpc) is 2.76. The zero-order valence-corrected chi connectivity index (χ0v) is 9.05. The molecule has 2 nitrogen and oxygen atoms in total. The SMILES string of the molecule is CC(C)C1(CNCc2ccoc2)CC1. The van der Waals surface area contributed by atoms with Crippen molar-refractivity contribution in [1.82, 2.24) is 5.32 Å². The molecule has 0 aromatic carbocycles. The Labute approximate surface area is 85.7 Å². The minimum absolute atomic E-state index is 0.601. The van der Waals surface area contributed by atoms with Crippen LogP contribution in [0, 0.1) is 11.3 Å². The van der Waals surface area contributed by atoms with Crippen LogP contribution in [0.2, 0.25) is 0 Å². The van der Waals surface area contributed by atoms with Crippen LogP contribution in [0.5, 0.6) is 0 Å². The van der Waals surface area contributed by atoms with Gasteiger partial charge in [0.1, 0.15) is 0 Å². The molecule has 2 heteroatoms. The van der Waals surface area contributed by atoms with Crippen LogP contribution in [-0.2, 0) is 6.54 Å². The van der Waals surface area contributed by atoms with Crippen molar-refractivity contribution >= 4 is 0 Å². The van der Waals surface area contributed by atoms with Crippen molar-refractivity contribution in [2.45, 2.75) is 33.2 Å². The van der Waals surface area contributed by atoms with Crippen molar-refractivity contribution in [3.05, 3.63) is 24.2 Å². The molecular weight excluding hydrogens is 174 g/mol. The van der Waals surface area contributed by atoms with E-state index in [1.807, 2.05) is 12.3 Å². The summed E-state index contributed by atoms with van der Waals surface area (Å²) in [7, 11) is 0. The summed E-state index contributed by atoms with van der Waals surface area (Å²) in [4.78, 5) is 0. The van der Waals surface area contributed by atoms with Crippen LogP contribution in [0.3, 0.4) is 0 Å². The largest absolute Gasteiger partial charge is 0.472 e. The highest BCUT2D eigenvalue weighted by molar-refractivity contribution is 5.05. The van der Waals surface area contributed by atoms with E-state index in [0.717, 1.165) is 19.0 Å². The minimum atomic E-state index is 0.601. The van der Waals surface area contributed by atoms with E-state index in [1.54, 1.807) is 6.26 Å². The van der Waals surface area contributed by atoms with Crippen molar-refractivity contribution in [3.8, 4) is 0 Å².